The Morgan fingerprint density at radius 3 is 3.06 bits per heavy atom. The molecule has 5 heteroatoms. The van der Waals surface area contributed by atoms with E-state index in [-0.39, 0.29) is 17.5 Å². The highest BCUT2D eigenvalue weighted by atomic mass is 127. The third-order valence-electron chi connectivity index (χ3n) is 2.81. The second-order valence-electron chi connectivity index (χ2n) is 4.23. The van der Waals surface area contributed by atoms with E-state index in [4.69, 9.17) is 0 Å². The van der Waals surface area contributed by atoms with Gasteiger partial charge in [0, 0.05) is 29.2 Å². The van der Waals surface area contributed by atoms with E-state index < -0.39 is 5.82 Å². The molecule has 0 aromatic heterocycles. The number of benzene rings is 1. The molecule has 0 unspecified atom stereocenters. The quantitative estimate of drug-likeness (QED) is 0.786. The summed E-state index contributed by atoms with van der Waals surface area (Å²) in [4.78, 5) is 13.9. The van der Waals surface area contributed by atoms with Crippen molar-refractivity contribution in [3.63, 3.8) is 0 Å². The topological polar surface area (TPSA) is 32.3 Å². The predicted molar refractivity (Wildman–Crippen MR) is 72.5 cm³/mol. The van der Waals surface area contributed by atoms with E-state index in [1.807, 2.05) is 6.92 Å². The summed E-state index contributed by atoms with van der Waals surface area (Å²) >= 11 is 2.08. The number of piperazine rings is 1. The van der Waals surface area contributed by atoms with E-state index >= 15 is 0 Å². The van der Waals surface area contributed by atoms with Crippen LogP contribution in [-0.4, -0.2) is 36.5 Å². The van der Waals surface area contributed by atoms with Crippen molar-refractivity contribution in [2.24, 2.45) is 0 Å². The lowest BCUT2D eigenvalue weighted by Gasteiger charge is -2.32. The number of hydrogen-bond acceptors (Lipinski definition) is 2. The minimum Gasteiger partial charge on any atom is -0.336 e. The van der Waals surface area contributed by atoms with Gasteiger partial charge < -0.3 is 10.2 Å². The lowest BCUT2D eigenvalue weighted by Crippen LogP contribution is -2.51. The number of nitrogens with zero attached hydrogens (tertiary/aromatic N) is 1. The molecule has 0 radical (unpaired) electrons. The maximum absolute atomic E-state index is 13.6. The Labute approximate surface area is 114 Å². The van der Waals surface area contributed by atoms with Crippen molar-refractivity contribution < 1.29 is 9.18 Å². The van der Waals surface area contributed by atoms with E-state index in [2.05, 4.69) is 27.9 Å². The predicted octanol–water partition coefficient (Wildman–Crippen LogP) is 1.86. The zero-order valence-electron chi connectivity index (χ0n) is 9.54. The van der Waals surface area contributed by atoms with Crippen LogP contribution in [0.2, 0.25) is 0 Å². The van der Waals surface area contributed by atoms with Gasteiger partial charge in [-0.15, -0.1) is 0 Å². The van der Waals surface area contributed by atoms with Crippen LogP contribution >= 0.6 is 22.6 Å². The first kappa shape index (κ1) is 12.8. The van der Waals surface area contributed by atoms with Crippen molar-refractivity contribution in [3.8, 4) is 0 Å². The first-order valence-corrected chi connectivity index (χ1v) is 6.63. The summed E-state index contributed by atoms with van der Waals surface area (Å²) in [6.45, 7) is 4.04. The zero-order chi connectivity index (χ0) is 12.4. The molecule has 1 aromatic rings. The Hall–Kier alpha value is -0.690. The summed E-state index contributed by atoms with van der Waals surface area (Å²) in [6, 6.07) is 4.87. The number of amides is 1. The Morgan fingerprint density at radius 2 is 2.35 bits per heavy atom. The molecule has 1 amide bonds. The van der Waals surface area contributed by atoms with Crippen molar-refractivity contribution >= 4 is 28.5 Å². The van der Waals surface area contributed by atoms with Gasteiger partial charge in [0.1, 0.15) is 5.82 Å². The number of nitrogens with one attached hydrogen (secondary N) is 1. The van der Waals surface area contributed by atoms with Gasteiger partial charge >= 0.3 is 0 Å². The van der Waals surface area contributed by atoms with Gasteiger partial charge in [0.2, 0.25) is 0 Å². The van der Waals surface area contributed by atoms with Crippen molar-refractivity contribution in [1.29, 1.82) is 0 Å². The summed E-state index contributed by atoms with van der Waals surface area (Å²) in [5.74, 6) is -0.657. The number of carbonyl (C=O) groups is 1. The molecule has 3 nitrogen and oxygen atoms in total. The van der Waals surface area contributed by atoms with Crippen molar-refractivity contribution in [1.82, 2.24) is 10.2 Å². The summed E-state index contributed by atoms with van der Waals surface area (Å²) < 4.78 is 14.5. The molecule has 0 bridgehead atoms. The Morgan fingerprint density at radius 1 is 1.59 bits per heavy atom. The highest BCUT2D eigenvalue weighted by molar-refractivity contribution is 14.1. The van der Waals surface area contributed by atoms with E-state index in [9.17, 15) is 9.18 Å². The molecular weight excluding hydrogens is 334 g/mol. The van der Waals surface area contributed by atoms with Crippen LogP contribution in [0.5, 0.6) is 0 Å². The fourth-order valence-electron chi connectivity index (χ4n) is 1.95. The average molecular weight is 348 g/mol. The highest BCUT2D eigenvalue weighted by Gasteiger charge is 2.23. The van der Waals surface area contributed by atoms with Crippen LogP contribution in [0.1, 0.15) is 17.3 Å². The molecule has 0 saturated carbocycles. The number of hydrogen-bond donors (Lipinski definition) is 1. The van der Waals surface area contributed by atoms with Crippen LogP contribution in [-0.2, 0) is 0 Å². The maximum atomic E-state index is 13.6. The monoisotopic (exact) mass is 348 g/mol. The molecule has 1 aliphatic rings. The van der Waals surface area contributed by atoms with Gasteiger partial charge in [0.25, 0.3) is 5.91 Å². The highest BCUT2D eigenvalue weighted by Crippen LogP contribution is 2.15. The van der Waals surface area contributed by atoms with Gasteiger partial charge in [-0.2, -0.15) is 0 Å². The van der Waals surface area contributed by atoms with Crippen LogP contribution < -0.4 is 5.32 Å². The molecule has 1 N–H and O–H groups in total. The molecule has 1 aromatic carbocycles. The molecule has 92 valence electrons. The molecule has 2 rings (SSSR count). The van der Waals surface area contributed by atoms with Crippen molar-refractivity contribution in [2.75, 3.05) is 19.6 Å². The van der Waals surface area contributed by atoms with E-state index in [1.165, 1.54) is 6.07 Å². The van der Waals surface area contributed by atoms with Crippen LogP contribution in [0.4, 0.5) is 4.39 Å². The molecule has 1 atom stereocenters. The Bertz CT molecular complexity index is 439. The molecule has 1 heterocycles. The second-order valence-corrected chi connectivity index (χ2v) is 5.48. The van der Waals surface area contributed by atoms with E-state index in [1.54, 1.807) is 17.0 Å². The number of rotatable bonds is 1. The number of carbonyl (C=O) groups excluding carboxylic acids is 1. The molecule has 0 aliphatic carbocycles. The lowest BCUT2D eigenvalue weighted by molar-refractivity contribution is 0.0704. The van der Waals surface area contributed by atoms with E-state index in [0.29, 0.717) is 13.1 Å². The van der Waals surface area contributed by atoms with Crippen LogP contribution in [0.3, 0.4) is 0 Å². The molecule has 1 aliphatic heterocycles. The average Bonchev–Trinajstić information content (AvgIpc) is 2.31. The molecule has 1 saturated heterocycles. The number of halogens is 2. The van der Waals surface area contributed by atoms with Gasteiger partial charge in [0.05, 0.1) is 5.56 Å². The van der Waals surface area contributed by atoms with Crippen molar-refractivity contribution in [3.05, 3.63) is 33.1 Å². The first-order valence-electron chi connectivity index (χ1n) is 5.55. The zero-order valence-corrected chi connectivity index (χ0v) is 11.7. The summed E-state index contributed by atoms with van der Waals surface area (Å²) in [5, 5.41) is 3.26. The van der Waals surface area contributed by atoms with Crippen LogP contribution in [0, 0.1) is 9.39 Å². The second kappa shape index (κ2) is 5.30. The fourth-order valence-corrected chi connectivity index (χ4v) is 2.44. The van der Waals surface area contributed by atoms with Crippen molar-refractivity contribution in [2.45, 2.75) is 13.0 Å². The van der Waals surface area contributed by atoms with Gasteiger partial charge in [0.15, 0.2) is 0 Å². The normalized spacial score (nSPS) is 20.4. The van der Waals surface area contributed by atoms with Gasteiger partial charge in [-0.1, -0.05) is 0 Å². The molecular formula is C12H14FIN2O. The van der Waals surface area contributed by atoms with Gasteiger partial charge in [-0.3, -0.25) is 4.79 Å². The third-order valence-corrected chi connectivity index (χ3v) is 3.49. The lowest BCUT2D eigenvalue weighted by atomic mass is 10.1. The summed E-state index contributed by atoms with van der Waals surface area (Å²) in [7, 11) is 0. The maximum Gasteiger partial charge on any atom is 0.256 e. The standard InChI is InChI=1S/C12H14FIN2O/c1-8-7-16(5-4-15-8)12(17)10-6-9(14)2-3-11(10)13/h2-3,6,8,15H,4-5,7H2,1H3/t8-/m0/s1. The molecule has 1 fully saturated rings. The van der Waals surface area contributed by atoms with Gasteiger partial charge in [-0.05, 0) is 47.7 Å². The molecule has 17 heavy (non-hydrogen) atoms. The summed E-state index contributed by atoms with van der Waals surface area (Å²) in [5.41, 5.74) is 0.172. The molecule has 0 spiro atoms. The fraction of sp³-hybridized carbons (Fsp3) is 0.417. The minimum atomic E-state index is -0.443. The van der Waals surface area contributed by atoms with Crippen LogP contribution in [0.25, 0.3) is 0 Å². The van der Waals surface area contributed by atoms with Gasteiger partial charge in [-0.25, -0.2) is 4.39 Å². The summed E-state index contributed by atoms with van der Waals surface area (Å²) in [6.07, 6.45) is 0. The SMILES string of the molecule is C[C@H]1CN(C(=O)c2cc(I)ccc2F)CCN1. The minimum absolute atomic E-state index is 0.172. The van der Waals surface area contributed by atoms with Crippen LogP contribution in [0.15, 0.2) is 18.2 Å². The first-order chi connectivity index (χ1) is 8.08. The third kappa shape index (κ3) is 2.95. The largest absolute Gasteiger partial charge is 0.336 e. The van der Waals surface area contributed by atoms with E-state index in [0.717, 1.165) is 10.1 Å². The Kier molecular flexibility index (Phi) is 3.98. The smallest absolute Gasteiger partial charge is 0.256 e. The Balaban J connectivity index is 2.21.